The number of hydrogen-bond donors (Lipinski definition) is 1. The minimum atomic E-state index is -0.585. The lowest BCUT2D eigenvalue weighted by molar-refractivity contribution is 0.191. The third-order valence-corrected chi connectivity index (χ3v) is 5.31. The van der Waals surface area contributed by atoms with Gasteiger partial charge in [0.1, 0.15) is 5.75 Å². The molecule has 0 aliphatic heterocycles. The van der Waals surface area contributed by atoms with E-state index in [1.165, 1.54) is 4.70 Å². The summed E-state index contributed by atoms with van der Waals surface area (Å²) in [6.45, 7) is 1.75. The number of benzene rings is 2. The molecule has 0 aliphatic carbocycles. The first kappa shape index (κ1) is 14.4. The van der Waals surface area contributed by atoms with E-state index in [-0.39, 0.29) is 0 Å². The monoisotopic (exact) mass is 317 g/mol. The van der Waals surface area contributed by atoms with Crippen LogP contribution < -0.4 is 4.74 Å². The number of aliphatic hydroxyl groups excluding tert-OH is 1. The fourth-order valence-corrected chi connectivity index (χ4v) is 4.45. The minimum Gasteiger partial charge on any atom is -0.496 e. The molecule has 1 heterocycles. The zero-order valence-corrected chi connectivity index (χ0v) is 13.4. The lowest BCUT2D eigenvalue weighted by Gasteiger charge is -2.14. The maximum atomic E-state index is 10.0. The van der Waals surface area contributed by atoms with Crippen LogP contribution in [0.3, 0.4) is 0 Å². The van der Waals surface area contributed by atoms with Gasteiger partial charge in [-0.15, -0.1) is 11.3 Å². The third-order valence-electron chi connectivity index (χ3n) is 3.14. The summed E-state index contributed by atoms with van der Waals surface area (Å²) in [5.41, 5.74) is 1.82. The SMILES string of the molecule is COc1cccc(Sc2nc3ccccc3s2)c1[C@@H](C)O. The fourth-order valence-electron chi connectivity index (χ4n) is 2.19. The lowest BCUT2D eigenvalue weighted by Crippen LogP contribution is -1.98. The van der Waals surface area contributed by atoms with E-state index in [0.717, 1.165) is 20.3 Å². The molecule has 3 nitrogen and oxygen atoms in total. The fraction of sp³-hybridized carbons (Fsp3) is 0.188. The van der Waals surface area contributed by atoms with E-state index in [1.54, 1.807) is 37.1 Å². The summed E-state index contributed by atoms with van der Waals surface area (Å²) in [5, 5.41) is 10.0. The molecular weight excluding hydrogens is 302 g/mol. The predicted molar refractivity (Wildman–Crippen MR) is 87.4 cm³/mol. The number of hydrogen-bond acceptors (Lipinski definition) is 5. The Hall–Kier alpha value is -1.56. The molecule has 0 fully saturated rings. The molecular formula is C16H15NO2S2. The number of para-hydroxylation sites is 1. The van der Waals surface area contributed by atoms with Crippen LogP contribution in [0.1, 0.15) is 18.6 Å². The van der Waals surface area contributed by atoms with Crippen LogP contribution in [0, 0.1) is 0 Å². The van der Waals surface area contributed by atoms with Gasteiger partial charge in [0.15, 0.2) is 4.34 Å². The molecule has 108 valence electrons. The Morgan fingerprint density at radius 3 is 2.71 bits per heavy atom. The molecule has 0 bridgehead atoms. The van der Waals surface area contributed by atoms with Crippen molar-refractivity contribution in [2.45, 2.75) is 22.3 Å². The number of aliphatic hydroxyl groups is 1. The van der Waals surface area contributed by atoms with Crippen LogP contribution in [-0.2, 0) is 0 Å². The highest BCUT2D eigenvalue weighted by Gasteiger charge is 2.16. The van der Waals surface area contributed by atoms with Crippen LogP contribution in [0.5, 0.6) is 5.75 Å². The summed E-state index contributed by atoms with van der Waals surface area (Å²) in [7, 11) is 1.62. The number of aromatic nitrogens is 1. The normalized spacial score (nSPS) is 12.5. The number of thiazole rings is 1. The van der Waals surface area contributed by atoms with Crippen molar-refractivity contribution in [3.05, 3.63) is 48.0 Å². The summed E-state index contributed by atoms with van der Waals surface area (Å²) in [5.74, 6) is 0.705. The molecule has 21 heavy (non-hydrogen) atoms. The highest BCUT2D eigenvalue weighted by atomic mass is 32.2. The highest BCUT2D eigenvalue weighted by molar-refractivity contribution is 8.01. The second kappa shape index (κ2) is 6.05. The first-order valence-corrected chi connectivity index (χ1v) is 8.20. The second-order valence-corrected chi connectivity index (χ2v) is 6.92. The van der Waals surface area contributed by atoms with E-state index >= 15 is 0 Å². The van der Waals surface area contributed by atoms with Gasteiger partial charge in [0, 0.05) is 10.5 Å². The Bertz CT molecular complexity index is 735. The van der Waals surface area contributed by atoms with Gasteiger partial charge in [-0.3, -0.25) is 0 Å². The van der Waals surface area contributed by atoms with Crippen molar-refractivity contribution in [3.63, 3.8) is 0 Å². The van der Waals surface area contributed by atoms with E-state index in [1.807, 2.05) is 36.4 Å². The molecule has 1 N–H and O–H groups in total. The molecule has 0 saturated carbocycles. The largest absolute Gasteiger partial charge is 0.496 e. The van der Waals surface area contributed by atoms with Gasteiger partial charge < -0.3 is 9.84 Å². The average Bonchev–Trinajstić information content (AvgIpc) is 2.88. The molecule has 3 rings (SSSR count). The van der Waals surface area contributed by atoms with E-state index in [0.29, 0.717) is 5.75 Å². The first-order chi connectivity index (χ1) is 10.2. The van der Waals surface area contributed by atoms with Gasteiger partial charge in [0.05, 0.1) is 23.4 Å². The Kier molecular flexibility index (Phi) is 4.14. The van der Waals surface area contributed by atoms with Gasteiger partial charge in [0.25, 0.3) is 0 Å². The summed E-state index contributed by atoms with van der Waals surface area (Å²) >= 11 is 3.22. The van der Waals surface area contributed by atoms with Gasteiger partial charge in [-0.05, 0) is 31.2 Å². The Morgan fingerprint density at radius 1 is 1.19 bits per heavy atom. The van der Waals surface area contributed by atoms with Crippen LogP contribution >= 0.6 is 23.1 Å². The van der Waals surface area contributed by atoms with Crippen molar-refractivity contribution < 1.29 is 9.84 Å². The molecule has 2 aromatic carbocycles. The van der Waals surface area contributed by atoms with Crippen LogP contribution in [0.15, 0.2) is 51.7 Å². The van der Waals surface area contributed by atoms with Crippen molar-refractivity contribution in [1.29, 1.82) is 0 Å². The van der Waals surface area contributed by atoms with Gasteiger partial charge >= 0.3 is 0 Å². The molecule has 0 spiro atoms. The van der Waals surface area contributed by atoms with E-state index < -0.39 is 6.10 Å². The second-order valence-electron chi connectivity index (χ2n) is 4.60. The lowest BCUT2D eigenvalue weighted by atomic mass is 10.1. The maximum absolute atomic E-state index is 10.0. The van der Waals surface area contributed by atoms with Crippen molar-refractivity contribution in [2.75, 3.05) is 7.11 Å². The van der Waals surface area contributed by atoms with Gasteiger partial charge in [0.2, 0.25) is 0 Å². The van der Waals surface area contributed by atoms with Gasteiger partial charge in [-0.1, -0.05) is 30.0 Å². The molecule has 1 atom stereocenters. The van der Waals surface area contributed by atoms with Crippen LogP contribution in [0.2, 0.25) is 0 Å². The maximum Gasteiger partial charge on any atom is 0.155 e. The summed E-state index contributed by atoms with van der Waals surface area (Å²) in [4.78, 5) is 5.60. The average molecular weight is 317 g/mol. The molecule has 0 amide bonds. The smallest absolute Gasteiger partial charge is 0.155 e. The van der Waals surface area contributed by atoms with E-state index in [2.05, 4.69) is 11.1 Å². The quantitative estimate of drug-likeness (QED) is 0.769. The topological polar surface area (TPSA) is 42.4 Å². The molecule has 1 aromatic heterocycles. The highest BCUT2D eigenvalue weighted by Crippen LogP contribution is 2.40. The van der Waals surface area contributed by atoms with Crippen molar-refractivity contribution in [3.8, 4) is 5.75 Å². The van der Waals surface area contributed by atoms with Crippen LogP contribution in [-0.4, -0.2) is 17.2 Å². The molecule has 3 aromatic rings. The predicted octanol–water partition coefficient (Wildman–Crippen LogP) is 4.51. The van der Waals surface area contributed by atoms with Gasteiger partial charge in [-0.2, -0.15) is 0 Å². The minimum absolute atomic E-state index is 0.585. The van der Waals surface area contributed by atoms with Crippen molar-refractivity contribution >= 4 is 33.3 Å². The number of ether oxygens (including phenoxy) is 1. The zero-order chi connectivity index (χ0) is 14.8. The zero-order valence-electron chi connectivity index (χ0n) is 11.7. The van der Waals surface area contributed by atoms with Crippen LogP contribution in [0.4, 0.5) is 0 Å². The van der Waals surface area contributed by atoms with Crippen molar-refractivity contribution in [2.24, 2.45) is 0 Å². The van der Waals surface area contributed by atoms with Gasteiger partial charge in [-0.25, -0.2) is 4.98 Å². The Morgan fingerprint density at radius 2 is 2.00 bits per heavy atom. The molecule has 0 unspecified atom stereocenters. The summed E-state index contributed by atoms with van der Waals surface area (Å²) in [6.07, 6.45) is -0.585. The molecule has 5 heteroatoms. The molecule has 0 radical (unpaired) electrons. The van der Waals surface area contributed by atoms with Crippen molar-refractivity contribution in [1.82, 2.24) is 4.98 Å². The number of rotatable bonds is 4. The third kappa shape index (κ3) is 2.90. The number of nitrogens with zero attached hydrogens (tertiary/aromatic N) is 1. The summed E-state index contributed by atoms with van der Waals surface area (Å²) in [6, 6.07) is 13.9. The molecule has 0 aliphatic rings. The number of methoxy groups -OCH3 is 1. The Labute approximate surface area is 131 Å². The first-order valence-electron chi connectivity index (χ1n) is 6.57. The van der Waals surface area contributed by atoms with E-state index in [9.17, 15) is 5.11 Å². The Balaban J connectivity index is 2.01. The van der Waals surface area contributed by atoms with Crippen LogP contribution in [0.25, 0.3) is 10.2 Å². The number of fused-ring (bicyclic) bond motifs is 1. The molecule has 0 saturated heterocycles. The van der Waals surface area contributed by atoms with E-state index in [4.69, 9.17) is 4.74 Å². The summed E-state index contributed by atoms with van der Waals surface area (Å²) < 4.78 is 7.49. The standard InChI is InChI=1S/C16H15NO2S2/c1-10(18)15-12(19-2)7-5-9-14(15)21-16-17-11-6-3-4-8-13(11)20-16/h3-10,18H,1-2H3/t10-/m1/s1.